The van der Waals surface area contributed by atoms with Crippen molar-refractivity contribution in [2.75, 3.05) is 19.7 Å². The van der Waals surface area contributed by atoms with E-state index in [9.17, 15) is 18.0 Å². The van der Waals surface area contributed by atoms with Gasteiger partial charge in [0.15, 0.2) is 6.61 Å². The van der Waals surface area contributed by atoms with E-state index in [1.165, 1.54) is 23.9 Å². The van der Waals surface area contributed by atoms with Gasteiger partial charge in [-0.1, -0.05) is 12.1 Å². The molecule has 1 aliphatic heterocycles. The van der Waals surface area contributed by atoms with Gasteiger partial charge < -0.3 is 14.7 Å². The average Bonchev–Trinajstić information content (AvgIpc) is 3.15. The van der Waals surface area contributed by atoms with E-state index in [1.807, 2.05) is 0 Å². The number of halogens is 3. The molecule has 1 saturated heterocycles. The molecule has 3 rings (SSSR count). The van der Waals surface area contributed by atoms with Gasteiger partial charge in [0.05, 0.1) is 12.2 Å². The molecule has 0 aromatic heterocycles. The van der Waals surface area contributed by atoms with Crippen molar-refractivity contribution in [3.8, 4) is 5.75 Å². The molecular weight excluding hydrogens is 391 g/mol. The lowest BCUT2D eigenvalue weighted by Gasteiger charge is -2.17. The van der Waals surface area contributed by atoms with Crippen LogP contribution in [0.1, 0.15) is 17.5 Å². The van der Waals surface area contributed by atoms with Crippen molar-refractivity contribution in [3.63, 3.8) is 0 Å². The minimum atomic E-state index is -4.34. The quantitative estimate of drug-likeness (QED) is 0.782. The molecule has 150 valence electrons. The molecule has 8 heteroatoms. The van der Waals surface area contributed by atoms with Gasteiger partial charge in [-0.15, -0.1) is 11.8 Å². The van der Waals surface area contributed by atoms with Crippen LogP contribution in [-0.2, 0) is 17.6 Å². The molecule has 0 aliphatic carbocycles. The third-order valence-electron chi connectivity index (χ3n) is 4.45. The second-order valence-electron chi connectivity index (χ2n) is 6.48. The number of thioether (sulfide) groups is 1. The van der Waals surface area contributed by atoms with Crippen LogP contribution < -0.4 is 4.74 Å². The minimum absolute atomic E-state index is 0.0506. The van der Waals surface area contributed by atoms with E-state index in [2.05, 4.69) is 0 Å². The Bertz CT molecular complexity index is 794. The van der Waals surface area contributed by atoms with Gasteiger partial charge in [0.1, 0.15) is 5.75 Å². The molecule has 1 amide bonds. The fraction of sp³-hybridized carbons (Fsp3) is 0.350. The van der Waals surface area contributed by atoms with E-state index in [0.29, 0.717) is 18.8 Å². The summed E-state index contributed by atoms with van der Waals surface area (Å²) in [4.78, 5) is 14.8. The lowest BCUT2D eigenvalue weighted by atomic mass is 10.2. The molecule has 28 heavy (non-hydrogen) atoms. The summed E-state index contributed by atoms with van der Waals surface area (Å²) in [5, 5.41) is 9.16. The molecule has 1 atom stereocenters. The van der Waals surface area contributed by atoms with E-state index >= 15 is 0 Å². The summed E-state index contributed by atoms with van der Waals surface area (Å²) in [5.41, 5.74) is 0.102. The molecule has 0 spiro atoms. The summed E-state index contributed by atoms with van der Waals surface area (Å²) in [6, 6.07) is 12.0. The fourth-order valence-corrected chi connectivity index (χ4v) is 4.05. The molecule has 0 radical (unpaired) electrons. The standard InChI is InChI=1S/C20H20F3NO3S/c21-20(22,23)15-3-7-17(8-4-15)28-18-9-10-24(11-18)19(26)13-27-16-5-1-14(12-25)2-6-16/h1-8,18,25H,9-13H2. The fourth-order valence-electron chi connectivity index (χ4n) is 2.89. The smallest absolute Gasteiger partial charge is 0.416 e. The van der Waals surface area contributed by atoms with Crippen LogP contribution in [0.15, 0.2) is 53.4 Å². The predicted molar refractivity (Wildman–Crippen MR) is 100 cm³/mol. The number of amides is 1. The number of aliphatic hydroxyl groups is 1. The van der Waals surface area contributed by atoms with Crippen molar-refractivity contribution in [3.05, 3.63) is 59.7 Å². The van der Waals surface area contributed by atoms with Gasteiger partial charge in [-0.3, -0.25) is 4.79 Å². The Kier molecular flexibility index (Phi) is 6.51. The maximum Gasteiger partial charge on any atom is 0.416 e. The average molecular weight is 411 g/mol. The molecule has 0 bridgehead atoms. The summed E-state index contributed by atoms with van der Waals surface area (Å²) >= 11 is 1.48. The normalized spacial score (nSPS) is 17.0. The SMILES string of the molecule is O=C(COc1ccc(CO)cc1)N1CCC(Sc2ccc(C(F)(F)F)cc2)C1. The first-order chi connectivity index (χ1) is 13.3. The number of likely N-dealkylation sites (tertiary alicyclic amines) is 1. The van der Waals surface area contributed by atoms with Gasteiger partial charge >= 0.3 is 6.18 Å². The number of benzene rings is 2. The first-order valence-electron chi connectivity index (χ1n) is 8.79. The Balaban J connectivity index is 1.47. The molecule has 2 aromatic rings. The predicted octanol–water partition coefficient (Wildman–Crippen LogP) is 3.97. The van der Waals surface area contributed by atoms with E-state index in [1.54, 1.807) is 29.2 Å². The number of hydrogen-bond donors (Lipinski definition) is 1. The van der Waals surface area contributed by atoms with Crippen molar-refractivity contribution < 1.29 is 27.8 Å². The van der Waals surface area contributed by atoms with Crippen LogP contribution >= 0.6 is 11.8 Å². The van der Waals surface area contributed by atoms with Crippen LogP contribution in [0, 0.1) is 0 Å². The van der Waals surface area contributed by atoms with Crippen LogP contribution in [-0.4, -0.2) is 40.9 Å². The highest BCUT2D eigenvalue weighted by Gasteiger charge is 2.31. The minimum Gasteiger partial charge on any atom is -0.484 e. The van der Waals surface area contributed by atoms with Crippen LogP contribution in [0.25, 0.3) is 0 Å². The van der Waals surface area contributed by atoms with Crippen molar-refractivity contribution in [1.29, 1.82) is 0 Å². The van der Waals surface area contributed by atoms with Crippen molar-refractivity contribution in [2.24, 2.45) is 0 Å². The monoisotopic (exact) mass is 411 g/mol. The zero-order chi connectivity index (χ0) is 20.1. The van der Waals surface area contributed by atoms with E-state index in [4.69, 9.17) is 9.84 Å². The molecular formula is C20H20F3NO3S. The third kappa shape index (κ3) is 5.42. The largest absolute Gasteiger partial charge is 0.484 e. The van der Waals surface area contributed by atoms with Gasteiger partial charge in [-0.25, -0.2) is 0 Å². The first kappa shape index (κ1) is 20.5. The van der Waals surface area contributed by atoms with Gasteiger partial charge in [0.25, 0.3) is 5.91 Å². The van der Waals surface area contributed by atoms with Gasteiger partial charge in [0, 0.05) is 23.2 Å². The maximum absolute atomic E-state index is 12.6. The summed E-state index contributed by atoms with van der Waals surface area (Å²) < 4.78 is 43.4. The zero-order valence-electron chi connectivity index (χ0n) is 15.0. The molecule has 1 heterocycles. The Morgan fingerprint density at radius 2 is 1.82 bits per heavy atom. The number of aliphatic hydroxyl groups excluding tert-OH is 1. The van der Waals surface area contributed by atoms with Crippen molar-refractivity contribution in [2.45, 2.75) is 29.3 Å². The highest BCUT2D eigenvalue weighted by Crippen LogP contribution is 2.33. The number of alkyl halides is 3. The summed E-state index contributed by atoms with van der Waals surface area (Å²) in [7, 11) is 0. The van der Waals surface area contributed by atoms with Crippen molar-refractivity contribution >= 4 is 17.7 Å². The third-order valence-corrected chi connectivity index (χ3v) is 5.71. The van der Waals surface area contributed by atoms with E-state index < -0.39 is 11.7 Å². The number of carbonyl (C=O) groups excluding carboxylic acids is 1. The lowest BCUT2D eigenvalue weighted by Crippen LogP contribution is -2.33. The Morgan fingerprint density at radius 3 is 2.43 bits per heavy atom. The van der Waals surface area contributed by atoms with E-state index in [0.717, 1.165) is 29.0 Å². The highest BCUT2D eigenvalue weighted by atomic mass is 32.2. The molecule has 2 aromatic carbocycles. The van der Waals surface area contributed by atoms with Crippen LogP contribution in [0.5, 0.6) is 5.75 Å². The summed E-state index contributed by atoms with van der Waals surface area (Å²) in [5.74, 6) is 0.433. The summed E-state index contributed by atoms with van der Waals surface area (Å²) in [6.07, 6.45) is -3.55. The summed E-state index contributed by atoms with van der Waals surface area (Å²) in [6.45, 7) is 1.02. The molecule has 4 nitrogen and oxygen atoms in total. The van der Waals surface area contributed by atoms with Crippen LogP contribution in [0.2, 0.25) is 0 Å². The number of nitrogens with zero attached hydrogens (tertiary/aromatic N) is 1. The van der Waals surface area contributed by atoms with Gasteiger partial charge in [0.2, 0.25) is 0 Å². The van der Waals surface area contributed by atoms with Crippen molar-refractivity contribution in [1.82, 2.24) is 4.90 Å². The number of ether oxygens (including phenoxy) is 1. The Hall–Kier alpha value is -2.19. The molecule has 0 saturated carbocycles. The van der Waals surface area contributed by atoms with Gasteiger partial charge in [-0.2, -0.15) is 13.2 Å². The Morgan fingerprint density at radius 1 is 1.14 bits per heavy atom. The lowest BCUT2D eigenvalue weighted by molar-refractivity contribution is -0.137. The zero-order valence-corrected chi connectivity index (χ0v) is 15.8. The Labute approximate surface area is 165 Å². The first-order valence-corrected chi connectivity index (χ1v) is 9.67. The van der Waals surface area contributed by atoms with E-state index in [-0.39, 0.29) is 24.4 Å². The second-order valence-corrected chi connectivity index (χ2v) is 7.85. The number of carbonyl (C=O) groups is 1. The number of rotatable bonds is 6. The molecule has 1 unspecified atom stereocenters. The second kappa shape index (κ2) is 8.87. The molecule has 1 fully saturated rings. The topological polar surface area (TPSA) is 49.8 Å². The molecule has 1 N–H and O–H groups in total. The van der Waals surface area contributed by atoms with Crippen LogP contribution in [0.4, 0.5) is 13.2 Å². The maximum atomic E-state index is 12.6. The highest BCUT2D eigenvalue weighted by molar-refractivity contribution is 8.00. The van der Waals surface area contributed by atoms with Gasteiger partial charge in [-0.05, 0) is 48.4 Å². The van der Waals surface area contributed by atoms with Crippen LogP contribution in [0.3, 0.4) is 0 Å². The molecule has 1 aliphatic rings. The number of hydrogen-bond acceptors (Lipinski definition) is 4.